The quantitative estimate of drug-likeness (QED) is 0.650. The molecule has 3 heterocycles. The largest absolute Gasteiger partial charge is 0.345 e. The van der Waals surface area contributed by atoms with Crippen LogP contribution in [0.1, 0.15) is 19.3 Å². The summed E-state index contributed by atoms with van der Waals surface area (Å²) in [7, 11) is 0. The maximum absolute atomic E-state index is 12.3. The van der Waals surface area contributed by atoms with Gasteiger partial charge < -0.3 is 15.5 Å². The number of benzene rings is 1. The number of fused-ring (bicyclic) bond motifs is 1. The number of thiazole rings is 1. The Morgan fingerprint density at radius 1 is 1.21 bits per heavy atom. The first-order chi connectivity index (χ1) is 14.1. The zero-order valence-corrected chi connectivity index (χ0v) is 18.9. The van der Waals surface area contributed by atoms with Gasteiger partial charge in [0.2, 0.25) is 5.91 Å². The number of unbranched alkanes of at least 4 members (excludes halogenated alkanes) is 1. The number of halogens is 1. The summed E-state index contributed by atoms with van der Waals surface area (Å²) in [4.78, 5) is 23.8. The van der Waals surface area contributed by atoms with Gasteiger partial charge in [0.05, 0.1) is 22.1 Å². The lowest BCUT2D eigenvalue weighted by Gasteiger charge is -2.34. The van der Waals surface area contributed by atoms with Gasteiger partial charge in [-0.05, 0) is 37.6 Å². The molecule has 4 rings (SSSR count). The normalized spacial score (nSPS) is 19.2. The van der Waals surface area contributed by atoms with E-state index in [1.807, 2.05) is 23.1 Å². The average Bonchev–Trinajstić information content (AvgIpc) is 3.40. The van der Waals surface area contributed by atoms with Crippen LogP contribution in [0.15, 0.2) is 18.2 Å². The average molecular weight is 454 g/mol. The highest BCUT2D eigenvalue weighted by Crippen LogP contribution is 2.31. The summed E-state index contributed by atoms with van der Waals surface area (Å²) in [6.45, 7) is 6.02. The SMILES string of the molecule is N[C@@H](CCCCN1CCN(c2nc3ccc(Cl)cc3s2)CC1)C(=O)N1CCSC1. The number of hydrogen-bond acceptors (Lipinski definition) is 7. The van der Waals surface area contributed by atoms with E-state index in [9.17, 15) is 4.79 Å². The fraction of sp³-hybridized carbons (Fsp3) is 0.600. The van der Waals surface area contributed by atoms with Gasteiger partial charge >= 0.3 is 0 Å². The number of rotatable bonds is 7. The highest BCUT2D eigenvalue weighted by Gasteiger charge is 2.24. The van der Waals surface area contributed by atoms with Crippen LogP contribution in [0.2, 0.25) is 5.02 Å². The van der Waals surface area contributed by atoms with Crippen LogP contribution in [-0.2, 0) is 4.79 Å². The first kappa shape index (κ1) is 21.2. The number of aromatic nitrogens is 1. The molecule has 2 aromatic rings. The molecule has 2 fully saturated rings. The van der Waals surface area contributed by atoms with E-state index in [2.05, 4.69) is 9.80 Å². The maximum Gasteiger partial charge on any atom is 0.240 e. The Bertz CT molecular complexity index is 833. The number of hydrogen-bond donors (Lipinski definition) is 1. The van der Waals surface area contributed by atoms with Crippen LogP contribution in [-0.4, -0.2) is 77.6 Å². The molecule has 0 spiro atoms. The number of amides is 1. The topological polar surface area (TPSA) is 65.7 Å². The van der Waals surface area contributed by atoms with Crippen molar-refractivity contribution < 1.29 is 4.79 Å². The second-order valence-electron chi connectivity index (χ2n) is 7.68. The molecular formula is C20H28ClN5OS2. The molecule has 2 aliphatic rings. The Balaban J connectivity index is 1.16. The van der Waals surface area contributed by atoms with E-state index >= 15 is 0 Å². The lowest BCUT2D eigenvalue weighted by atomic mass is 10.1. The van der Waals surface area contributed by atoms with Crippen molar-refractivity contribution in [3.05, 3.63) is 23.2 Å². The molecular weight excluding hydrogens is 426 g/mol. The van der Waals surface area contributed by atoms with Crippen molar-refractivity contribution in [2.75, 3.05) is 55.8 Å². The van der Waals surface area contributed by atoms with E-state index in [4.69, 9.17) is 22.3 Å². The number of piperazine rings is 1. The molecule has 1 aromatic heterocycles. The number of anilines is 1. The molecule has 2 N–H and O–H groups in total. The van der Waals surface area contributed by atoms with E-state index in [1.165, 1.54) is 0 Å². The molecule has 1 amide bonds. The van der Waals surface area contributed by atoms with E-state index in [1.54, 1.807) is 23.1 Å². The molecule has 9 heteroatoms. The van der Waals surface area contributed by atoms with Crippen molar-refractivity contribution in [3.63, 3.8) is 0 Å². The molecule has 158 valence electrons. The second-order valence-corrected chi connectivity index (χ2v) is 10.2. The zero-order valence-electron chi connectivity index (χ0n) is 16.6. The van der Waals surface area contributed by atoms with Crippen molar-refractivity contribution in [3.8, 4) is 0 Å². The predicted molar refractivity (Wildman–Crippen MR) is 124 cm³/mol. The first-order valence-corrected chi connectivity index (χ1v) is 12.6. The summed E-state index contributed by atoms with van der Waals surface area (Å²) >= 11 is 9.61. The fourth-order valence-corrected chi connectivity index (χ4v) is 6.08. The molecule has 1 aromatic carbocycles. The minimum atomic E-state index is -0.335. The number of nitrogens with two attached hydrogens (primary N) is 1. The summed E-state index contributed by atoms with van der Waals surface area (Å²) in [5, 5.41) is 1.85. The van der Waals surface area contributed by atoms with Crippen molar-refractivity contribution in [2.45, 2.75) is 25.3 Å². The van der Waals surface area contributed by atoms with Crippen LogP contribution in [0.4, 0.5) is 5.13 Å². The smallest absolute Gasteiger partial charge is 0.240 e. The van der Waals surface area contributed by atoms with Gasteiger partial charge in [-0.15, -0.1) is 11.8 Å². The predicted octanol–water partition coefficient (Wildman–Crippen LogP) is 3.10. The molecule has 0 unspecified atom stereocenters. The van der Waals surface area contributed by atoms with Gasteiger partial charge in [0.25, 0.3) is 0 Å². The molecule has 6 nitrogen and oxygen atoms in total. The number of carbonyl (C=O) groups is 1. The standard InChI is InChI=1S/C20H28ClN5OS2/c21-15-4-5-17-18(13-15)29-20(23-17)25-9-7-24(8-10-25)6-2-1-3-16(22)19(27)26-11-12-28-14-26/h4-5,13,16H,1-3,6-12,14,22H2/t16-/m0/s1. The van der Waals surface area contributed by atoms with Crippen LogP contribution in [0.25, 0.3) is 10.2 Å². The second kappa shape index (κ2) is 9.83. The molecule has 29 heavy (non-hydrogen) atoms. The van der Waals surface area contributed by atoms with Crippen molar-refractivity contribution in [2.24, 2.45) is 5.73 Å². The lowest BCUT2D eigenvalue weighted by Crippen LogP contribution is -2.46. The summed E-state index contributed by atoms with van der Waals surface area (Å²) in [6.07, 6.45) is 2.89. The number of thioether (sulfide) groups is 1. The first-order valence-electron chi connectivity index (χ1n) is 10.3. The molecule has 1 atom stereocenters. The summed E-state index contributed by atoms with van der Waals surface area (Å²) in [5.74, 6) is 1.97. The molecule has 2 saturated heterocycles. The molecule has 0 aliphatic carbocycles. The summed E-state index contributed by atoms with van der Waals surface area (Å²) < 4.78 is 1.15. The Hall–Kier alpha value is -1.06. The van der Waals surface area contributed by atoms with Gasteiger partial charge in [0, 0.05) is 43.5 Å². The molecule has 2 aliphatic heterocycles. The van der Waals surface area contributed by atoms with Gasteiger partial charge in [-0.1, -0.05) is 29.4 Å². The third kappa shape index (κ3) is 5.35. The van der Waals surface area contributed by atoms with E-state index in [0.717, 1.165) is 90.5 Å². The van der Waals surface area contributed by atoms with Crippen LogP contribution < -0.4 is 10.6 Å². The monoisotopic (exact) mass is 453 g/mol. The minimum Gasteiger partial charge on any atom is -0.345 e. The third-order valence-corrected chi connectivity index (χ3v) is 7.88. The van der Waals surface area contributed by atoms with Crippen LogP contribution in [0, 0.1) is 0 Å². The van der Waals surface area contributed by atoms with Gasteiger partial charge in [0.1, 0.15) is 0 Å². The number of nitrogens with zero attached hydrogens (tertiary/aromatic N) is 4. The van der Waals surface area contributed by atoms with Gasteiger partial charge in [0.15, 0.2) is 5.13 Å². The van der Waals surface area contributed by atoms with E-state index in [0.29, 0.717) is 0 Å². The lowest BCUT2D eigenvalue weighted by molar-refractivity contribution is -0.131. The summed E-state index contributed by atoms with van der Waals surface area (Å²) in [5.41, 5.74) is 7.13. The Morgan fingerprint density at radius 3 is 2.79 bits per heavy atom. The van der Waals surface area contributed by atoms with Crippen LogP contribution >= 0.6 is 34.7 Å². The third-order valence-electron chi connectivity index (χ3n) is 5.60. The van der Waals surface area contributed by atoms with Crippen LogP contribution in [0.3, 0.4) is 0 Å². The minimum absolute atomic E-state index is 0.126. The Morgan fingerprint density at radius 2 is 2.03 bits per heavy atom. The molecule has 0 radical (unpaired) electrons. The van der Waals surface area contributed by atoms with E-state index < -0.39 is 0 Å². The molecule has 0 bridgehead atoms. The Labute approximate surface area is 185 Å². The van der Waals surface area contributed by atoms with Gasteiger partial charge in [-0.2, -0.15) is 0 Å². The van der Waals surface area contributed by atoms with E-state index in [-0.39, 0.29) is 11.9 Å². The van der Waals surface area contributed by atoms with Crippen molar-refractivity contribution in [1.29, 1.82) is 0 Å². The zero-order chi connectivity index (χ0) is 20.2. The summed E-state index contributed by atoms with van der Waals surface area (Å²) in [6, 6.07) is 5.55. The van der Waals surface area contributed by atoms with Gasteiger partial charge in [-0.25, -0.2) is 4.98 Å². The molecule has 0 saturated carbocycles. The number of carbonyl (C=O) groups excluding carboxylic acids is 1. The Kier molecular flexibility index (Phi) is 7.18. The fourth-order valence-electron chi connectivity index (χ4n) is 3.83. The van der Waals surface area contributed by atoms with Crippen molar-refractivity contribution in [1.82, 2.24) is 14.8 Å². The van der Waals surface area contributed by atoms with Crippen LogP contribution in [0.5, 0.6) is 0 Å². The highest BCUT2D eigenvalue weighted by atomic mass is 35.5. The van der Waals surface area contributed by atoms with Gasteiger partial charge in [-0.3, -0.25) is 9.69 Å². The maximum atomic E-state index is 12.3. The van der Waals surface area contributed by atoms with Crippen molar-refractivity contribution >= 4 is 56.0 Å². The highest BCUT2D eigenvalue weighted by molar-refractivity contribution is 7.99.